The average molecular weight is 470 g/mol. The maximum atomic E-state index is 13.5. The molecule has 0 aliphatic carbocycles. The fourth-order valence-electron chi connectivity index (χ4n) is 3.78. The van der Waals surface area contributed by atoms with E-state index in [4.69, 9.17) is 14.6 Å². The fraction of sp³-hybridized carbons (Fsp3) is 0.444. The second-order valence-corrected chi connectivity index (χ2v) is 9.30. The van der Waals surface area contributed by atoms with E-state index in [-0.39, 0.29) is 18.5 Å². The second-order valence-electron chi connectivity index (χ2n) is 9.30. The first-order valence-electron chi connectivity index (χ1n) is 11.8. The van der Waals surface area contributed by atoms with Crippen LogP contribution in [0.15, 0.2) is 54.6 Å². The van der Waals surface area contributed by atoms with Gasteiger partial charge < -0.3 is 14.6 Å². The molecule has 0 amide bonds. The highest BCUT2D eigenvalue weighted by Crippen LogP contribution is 2.32. The molecule has 0 unspecified atom stereocenters. The van der Waals surface area contributed by atoms with Crippen molar-refractivity contribution in [3.05, 3.63) is 71.7 Å². The van der Waals surface area contributed by atoms with Gasteiger partial charge >= 0.3 is 0 Å². The molecule has 0 radical (unpaired) electrons. The van der Waals surface area contributed by atoms with E-state index in [2.05, 4.69) is 18.7 Å². The van der Waals surface area contributed by atoms with Crippen LogP contribution in [0, 0.1) is 18.7 Å². The first-order valence-corrected chi connectivity index (χ1v) is 11.8. The summed E-state index contributed by atoms with van der Waals surface area (Å²) in [5.41, 5.74) is 2.63. The van der Waals surface area contributed by atoms with E-state index in [0.717, 1.165) is 23.5 Å². The molecule has 1 aromatic heterocycles. The van der Waals surface area contributed by atoms with E-state index in [1.165, 1.54) is 12.1 Å². The molecule has 0 aliphatic heterocycles. The highest BCUT2D eigenvalue weighted by Gasteiger charge is 2.23. The number of nitrogens with zero attached hydrogens (tertiary/aromatic N) is 3. The molecule has 1 atom stereocenters. The maximum Gasteiger partial charge on any atom is 0.227 e. The smallest absolute Gasteiger partial charge is 0.227 e. The summed E-state index contributed by atoms with van der Waals surface area (Å²) < 4.78 is 27.1. The molecule has 3 aromatic rings. The standard InChI is InChI=1S/C27H36FN3O3/c1-19(2)15-30(16-24(32)18-33-20(3)4)17-26-21(5)29-31(23-9-7-6-8-10-23)27(26)34-25-13-11-22(28)12-14-25/h6-14,19-20,24,32H,15-18H2,1-5H3/t24-/m0/s1. The Hall–Kier alpha value is -2.74. The van der Waals surface area contributed by atoms with Gasteiger partial charge in [0.1, 0.15) is 11.6 Å². The van der Waals surface area contributed by atoms with Gasteiger partial charge in [-0.25, -0.2) is 9.07 Å². The third-order valence-corrected chi connectivity index (χ3v) is 5.26. The molecule has 0 spiro atoms. The normalized spacial score (nSPS) is 12.6. The minimum absolute atomic E-state index is 0.0651. The van der Waals surface area contributed by atoms with Crippen molar-refractivity contribution in [3.8, 4) is 17.3 Å². The molecule has 1 heterocycles. The number of aliphatic hydroxyl groups is 1. The Labute approximate surface area is 201 Å². The molecular formula is C27H36FN3O3. The van der Waals surface area contributed by atoms with Gasteiger partial charge in [-0.15, -0.1) is 0 Å². The van der Waals surface area contributed by atoms with Crippen molar-refractivity contribution in [1.29, 1.82) is 0 Å². The molecule has 3 rings (SSSR count). The summed E-state index contributed by atoms with van der Waals surface area (Å²) in [6, 6.07) is 15.7. The summed E-state index contributed by atoms with van der Waals surface area (Å²) in [5.74, 6) is 1.20. The Balaban J connectivity index is 1.94. The van der Waals surface area contributed by atoms with Gasteiger partial charge in [0.2, 0.25) is 5.88 Å². The number of halogens is 1. The first-order chi connectivity index (χ1) is 16.2. The summed E-state index contributed by atoms with van der Waals surface area (Å²) in [5, 5.41) is 15.4. The van der Waals surface area contributed by atoms with Crippen LogP contribution in [0.5, 0.6) is 11.6 Å². The SMILES string of the molecule is Cc1nn(-c2ccccc2)c(Oc2ccc(F)cc2)c1CN(CC(C)C)C[C@H](O)COC(C)C. The van der Waals surface area contributed by atoms with E-state index in [9.17, 15) is 9.50 Å². The van der Waals surface area contributed by atoms with E-state index in [1.807, 2.05) is 51.1 Å². The Morgan fingerprint density at radius 1 is 1.00 bits per heavy atom. The number of hydrogen-bond donors (Lipinski definition) is 1. The number of hydrogen-bond acceptors (Lipinski definition) is 5. The van der Waals surface area contributed by atoms with Gasteiger partial charge in [0.25, 0.3) is 0 Å². The van der Waals surface area contributed by atoms with Gasteiger partial charge in [-0.3, -0.25) is 4.90 Å². The molecule has 6 nitrogen and oxygen atoms in total. The van der Waals surface area contributed by atoms with Gasteiger partial charge in [0.05, 0.1) is 35.8 Å². The van der Waals surface area contributed by atoms with Crippen LogP contribution in [-0.4, -0.2) is 51.7 Å². The van der Waals surface area contributed by atoms with Crippen molar-refractivity contribution >= 4 is 0 Å². The molecule has 2 aromatic carbocycles. The quantitative estimate of drug-likeness (QED) is 0.387. The monoisotopic (exact) mass is 469 g/mol. The third-order valence-electron chi connectivity index (χ3n) is 5.26. The number of aryl methyl sites for hydroxylation is 1. The molecule has 0 saturated carbocycles. The van der Waals surface area contributed by atoms with Crippen molar-refractivity contribution in [2.45, 2.75) is 53.4 Å². The highest BCUT2D eigenvalue weighted by atomic mass is 19.1. The lowest BCUT2D eigenvalue weighted by Crippen LogP contribution is -2.37. The third kappa shape index (κ3) is 7.38. The molecule has 7 heteroatoms. The van der Waals surface area contributed by atoms with Gasteiger partial charge in [-0.2, -0.15) is 5.10 Å². The van der Waals surface area contributed by atoms with Crippen molar-refractivity contribution < 1.29 is 19.0 Å². The van der Waals surface area contributed by atoms with E-state index < -0.39 is 6.10 Å². The Morgan fingerprint density at radius 3 is 2.29 bits per heavy atom. The lowest BCUT2D eigenvalue weighted by atomic mass is 10.1. The molecule has 0 saturated heterocycles. The van der Waals surface area contributed by atoms with Crippen LogP contribution < -0.4 is 4.74 Å². The van der Waals surface area contributed by atoms with Crippen molar-refractivity contribution in [2.24, 2.45) is 5.92 Å². The lowest BCUT2D eigenvalue weighted by molar-refractivity contribution is -0.0109. The van der Waals surface area contributed by atoms with Gasteiger partial charge in [0, 0.05) is 19.6 Å². The Morgan fingerprint density at radius 2 is 1.68 bits per heavy atom. The zero-order valence-electron chi connectivity index (χ0n) is 20.7. The predicted molar refractivity (Wildman–Crippen MR) is 132 cm³/mol. The van der Waals surface area contributed by atoms with Crippen LogP contribution in [0.25, 0.3) is 5.69 Å². The molecular weight excluding hydrogens is 433 g/mol. The number of ether oxygens (including phenoxy) is 2. The van der Waals surface area contributed by atoms with Crippen molar-refractivity contribution in [3.63, 3.8) is 0 Å². The van der Waals surface area contributed by atoms with Crippen LogP contribution >= 0.6 is 0 Å². The maximum absolute atomic E-state index is 13.5. The van der Waals surface area contributed by atoms with Crippen molar-refractivity contribution in [2.75, 3.05) is 19.7 Å². The first kappa shape index (κ1) is 25.9. The van der Waals surface area contributed by atoms with E-state index in [1.54, 1.807) is 16.8 Å². The summed E-state index contributed by atoms with van der Waals surface area (Å²) in [4.78, 5) is 2.20. The average Bonchev–Trinajstić information content (AvgIpc) is 3.09. The largest absolute Gasteiger partial charge is 0.439 e. The Kier molecular flexibility index (Phi) is 9.21. The van der Waals surface area contributed by atoms with Crippen LogP contribution in [0.4, 0.5) is 4.39 Å². The zero-order chi connectivity index (χ0) is 24.7. The van der Waals surface area contributed by atoms with Gasteiger partial charge in [0.15, 0.2) is 0 Å². The number of rotatable bonds is 12. The predicted octanol–water partition coefficient (Wildman–Crippen LogP) is 5.36. The summed E-state index contributed by atoms with van der Waals surface area (Å²) in [6.45, 7) is 12.3. The van der Waals surface area contributed by atoms with Gasteiger partial charge in [-0.1, -0.05) is 32.0 Å². The van der Waals surface area contributed by atoms with E-state index >= 15 is 0 Å². The summed E-state index contributed by atoms with van der Waals surface area (Å²) >= 11 is 0. The van der Waals surface area contributed by atoms with Crippen LogP contribution in [0.1, 0.15) is 39.0 Å². The lowest BCUT2D eigenvalue weighted by Gasteiger charge is -2.27. The number of para-hydroxylation sites is 1. The number of aliphatic hydroxyl groups excluding tert-OH is 1. The second kappa shape index (κ2) is 12.1. The molecule has 0 fully saturated rings. The van der Waals surface area contributed by atoms with Crippen LogP contribution in [0.2, 0.25) is 0 Å². The summed E-state index contributed by atoms with van der Waals surface area (Å²) in [7, 11) is 0. The van der Waals surface area contributed by atoms with Crippen molar-refractivity contribution in [1.82, 2.24) is 14.7 Å². The number of benzene rings is 2. The molecule has 0 bridgehead atoms. The van der Waals surface area contributed by atoms with E-state index in [0.29, 0.717) is 30.6 Å². The van der Waals surface area contributed by atoms with Crippen LogP contribution in [0.3, 0.4) is 0 Å². The minimum atomic E-state index is -0.605. The summed E-state index contributed by atoms with van der Waals surface area (Å²) in [6.07, 6.45) is -0.539. The molecule has 184 valence electrons. The molecule has 1 N–H and O–H groups in total. The highest BCUT2D eigenvalue weighted by molar-refractivity contribution is 5.43. The Bertz CT molecular complexity index is 1020. The fourth-order valence-corrected chi connectivity index (χ4v) is 3.78. The van der Waals surface area contributed by atoms with Crippen LogP contribution in [-0.2, 0) is 11.3 Å². The topological polar surface area (TPSA) is 59.8 Å². The zero-order valence-corrected chi connectivity index (χ0v) is 20.7. The number of aromatic nitrogens is 2. The minimum Gasteiger partial charge on any atom is -0.439 e. The molecule has 34 heavy (non-hydrogen) atoms. The van der Waals surface area contributed by atoms with Gasteiger partial charge in [-0.05, 0) is 63.1 Å². The molecule has 0 aliphatic rings.